The molecule has 1 fully saturated rings. The van der Waals surface area contributed by atoms with E-state index in [1.54, 1.807) is 0 Å². The number of anilines is 1. The van der Waals surface area contributed by atoms with Crippen molar-refractivity contribution in [2.45, 2.75) is 12.8 Å². The number of nitro benzene ring substituents is 1. The van der Waals surface area contributed by atoms with Gasteiger partial charge in [0.1, 0.15) is 5.69 Å². The van der Waals surface area contributed by atoms with E-state index in [0.29, 0.717) is 23.7 Å². The van der Waals surface area contributed by atoms with E-state index < -0.39 is 10.9 Å². The van der Waals surface area contributed by atoms with Crippen LogP contribution in [0.1, 0.15) is 23.2 Å². The highest BCUT2D eigenvalue weighted by atomic mass is 16.6. The van der Waals surface area contributed by atoms with E-state index in [1.807, 2.05) is 0 Å². The van der Waals surface area contributed by atoms with Gasteiger partial charge >= 0.3 is 5.97 Å². The summed E-state index contributed by atoms with van der Waals surface area (Å²) in [6.07, 6.45) is 2.23. The van der Waals surface area contributed by atoms with Gasteiger partial charge in [0.05, 0.1) is 17.6 Å². The number of methoxy groups -OCH3 is 1. The zero-order valence-electron chi connectivity index (χ0n) is 12.9. The summed E-state index contributed by atoms with van der Waals surface area (Å²) in [6, 6.07) is 4.22. The molecule has 7 heteroatoms. The third-order valence-electron chi connectivity index (χ3n) is 3.92. The molecule has 0 bridgehead atoms. The minimum absolute atomic E-state index is 0.0307. The number of likely N-dealkylation sites (tertiary alicyclic amines) is 1. The van der Waals surface area contributed by atoms with E-state index in [0.717, 1.165) is 25.9 Å². The molecule has 120 valence electrons. The van der Waals surface area contributed by atoms with Crippen LogP contribution in [0.2, 0.25) is 0 Å². The fourth-order valence-electron chi connectivity index (χ4n) is 2.78. The molecule has 1 atom stereocenters. The quantitative estimate of drug-likeness (QED) is 0.509. The van der Waals surface area contributed by atoms with Crippen molar-refractivity contribution in [3.63, 3.8) is 0 Å². The molecule has 2 rings (SSSR count). The molecule has 1 aromatic carbocycles. The zero-order chi connectivity index (χ0) is 16.1. The smallest absolute Gasteiger partial charge is 0.337 e. The lowest BCUT2D eigenvalue weighted by molar-refractivity contribution is -0.384. The standard InChI is InChI=1S/C15H21N3O4/c1-17-7-3-4-11(10-17)9-16-13-8-12(15(19)22-2)5-6-14(13)18(20)21/h5-6,8,11,16H,3-4,7,9-10H2,1-2H3/t11-/m1/s1. The molecule has 0 unspecified atom stereocenters. The molecular formula is C15H21N3O4. The Balaban J connectivity index is 2.12. The molecule has 1 aromatic rings. The summed E-state index contributed by atoms with van der Waals surface area (Å²) < 4.78 is 4.66. The van der Waals surface area contributed by atoms with Crippen LogP contribution in [0.4, 0.5) is 11.4 Å². The number of nitrogens with zero attached hydrogens (tertiary/aromatic N) is 2. The highest BCUT2D eigenvalue weighted by Crippen LogP contribution is 2.27. The Morgan fingerprint density at radius 1 is 1.55 bits per heavy atom. The number of carbonyl (C=O) groups is 1. The lowest BCUT2D eigenvalue weighted by Gasteiger charge is -2.29. The average Bonchev–Trinajstić information content (AvgIpc) is 2.51. The number of hydrogen-bond donors (Lipinski definition) is 1. The first-order chi connectivity index (χ1) is 10.5. The first kappa shape index (κ1) is 16.2. The van der Waals surface area contributed by atoms with Gasteiger partial charge in [-0.25, -0.2) is 4.79 Å². The summed E-state index contributed by atoms with van der Waals surface area (Å²) in [7, 11) is 3.36. The molecule has 1 saturated heterocycles. The minimum Gasteiger partial charge on any atom is -0.465 e. The first-order valence-corrected chi connectivity index (χ1v) is 7.30. The number of ether oxygens (including phenoxy) is 1. The topological polar surface area (TPSA) is 84.7 Å². The molecule has 7 nitrogen and oxygen atoms in total. The van der Waals surface area contributed by atoms with Crippen LogP contribution in [0.15, 0.2) is 18.2 Å². The van der Waals surface area contributed by atoms with Crippen LogP contribution in [-0.4, -0.2) is 49.6 Å². The molecule has 0 aromatic heterocycles. The molecule has 1 N–H and O–H groups in total. The van der Waals surface area contributed by atoms with Crippen LogP contribution in [-0.2, 0) is 4.74 Å². The molecular weight excluding hydrogens is 286 g/mol. The second-order valence-electron chi connectivity index (χ2n) is 5.63. The molecule has 1 aliphatic heterocycles. The first-order valence-electron chi connectivity index (χ1n) is 7.30. The Labute approximate surface area is 129 Å². The molecule has 1 heterocycles. The van der Waals surface area contributed by atoms with Crippen molar-refractivity contribution in [3.8, 4) is 0 Å². The van der Waals surface area contributed by atoms with E-state index in [4.69, 9.17) is 0 Å². The lowest BCUT2D eigenvalue weighted by Crippen LogP contribution is -2.35. The summed E-state index contributed by atoms with van der Waals surface area (Å²) in [5.74, 6) is -0.0597. The van der Waals surface area contributed by atoms with Crippen molar-refractivity contribution < 1.29 is 14.5 Å². The SMILES string of the molecule is COC(=O)c1ccc([N+](=O)[O-])c(NC[C@H]2CCCN(C)C2)c1. The number of esters is 1. The summed E-state index contributed by atoms with van der Waals surface area (Å²) in [4.78, 5) is 24.5. The van der Waals surface area contributed by atoms with Crippen LogP contribution < -0.4 is 5.32 Å². The molecule has 0 spiro atoms. The van der Waals surface area contributed by atoms with Crippen LogP contribution >= 0.6 is 0 Å². The van der Waals surface area contributed by atoms with Gasteiger partial charge in [-0.1, -0.05) is 0 Å². The highest BCUT2D eigenvalue weighted by Gasteiger charge is 2.20. The van der Waals surface area contributed by atoms with E-state index in [9.17, 15) is 14.9 Å². The van der Waals surface area contributed by atoms with Crippen molar-refractivity contribution in [1.29, 1.82) is 0 Å². The second kappa shape index (κ2) is 7.22. The van der Waals surface area contributed by atoms with Gasteiger partial charge in [-0.05, 0) is 44.5 Å². The maximum Gasteiger partial charge on any atom is 0.337 e. The number of benzene rings is 1. The fourth-order valence-corrected chi connectivity index (χ4v) is 2.78. The minimum atomic E-state index is -0.504. The largest absolute Gasteiger partial charge is 0.465 e. The van der Waals surface area contributed by atoms with Gasteiger partial charge < -0.3 is 15.0 Å². The van der Waals surface area contributed by atoms with Crippen molar-refractivity contribution >= 4 is 17.3 Å². The predicted molar refractivity (Wildman–Crippen MR) is 83.1 cm³/mol. The Morgan fingerprint density at radius 2 is 2.32 bits per heavy atom. The zero-order valence-corrected chi connectivity index (χ0v) is 12.9. The van der Waals surface area contributed by atoms with Gasteiger partial charge in [-0.15, -0.1) is 0 Å². The van der Waals surface area contributed by atoms with Gasteiger partial charge in [0.2, 0.25) is 0 Å². The van der Waals surface area contributed by atoms with Crippen molar-refractivity contribution in [2.75, 3.05) is 39.1 Å². The highest BCUT2D eigenvalue weighted by molar-refractivity contribution is 5.91. The van der Waals surface area contributed by atoms with E-state index in [2.05, 4.69) is 22.0 Å². The number of nitro groups is 1. The Hall–Kier alpha value is -2.15. The molecule has 0 radical (unpaired) electrons. The fraction of sp³-hybridized carbons (Fsp3) is 0.533. The van der Waals surface area contributed by atoms with Crippen molar-refractivity contribution in [2.24, 2.45) is 5.92 Å². The van der Waals surface area contributed by atoms with Crippen molar-refractivity contribution in [3.05, 3.63) is 33.9 Å². The van der Waals surface area contributed by atoms with Crippen molar-refractivity contribution in [1.82, 2.24) is 4.90 Å². The maximum atomic E-state index is 11.6. The average molecular weight is 307 g/mol. The lowest BCUT2D eigenvalue weighted by atomic mass is 9.98. The Kier molecular flexibility index (Phi) is 5.32. The molecule has 0 amide bonds. The van der Waals surface area contributed by atoms with Gasteiger partial charge in [0.25, 0.3) is 5.69 Å². The van der Waals surface area contributed by atoms with Gasteiger partial charge in [-0.2, -0.15) is 0 Å². The van der Waals surface area contributed by atoms with Crippen LogP contribution in [0.25, 0.3) is 0 Å². The number of nitrogens with one attached hydrogen (secondary N) is 1. The Bertz CT molecular complexity index is 562. The third kappa shape index (κ3) is 3.94. The normalized spacial score (nSPS) is 18.7. The molecule has 22 heavy (non-hydrogen) atoms. The van der Waals surface area contributed by atoms with Crippen LogP contribution in [0.3, 0.4) is 0 Å². The predicted octanol–water partition coefficient (Wildman–Crippen LogP) is 2.14. The van der Waals surface area contributed by atoms with E-state index >= 15 is 0 Å². The van der Waals surface area contributed by atoms with Gasteiger partial charge in [-0.3, -0.25) is 10.1 Å². The third-order valence-corrected chi connectivity index (χ3v) is 3.92. The molecule has 0 aliphatic carbocycles. The second-order valence-corrected chi connectivity index (χ2v) is 5.63. The monoisotopic (exact) mass is 307 g/mol. The summed E-state index contributed by atoms with van der Waals surface area (Å²) in [6.45, 7) is 2.71. The summed E-state index contributed by atoms with van der Waals surface area (Å²) >= 11 is 0. The van der Waals surface area contributed by atoms with E-state index in [-0.39, 0.29) is 5.69 Å². The summed E-state index contributed by atoms with van der Waals surface area (Å²) in [5.41, 5.74) is 0.634. The summed E-state index contributed by atoms with van der Waals surface area (Å²) in [5, 5.41) is 14.2. The number of rotatable bonds is 5. The number of piperidine rings is 1. The Morgan fingerprint density at radius 3 is 2.95 bits per heavy atom. The van der Waals surface area contributed by atoms with Gasteiger partial charge in [0, 0.05) is 19.2 Å². The number of hydrogen-bond acceptors (Lipinski definition) is 6. The van der Waals surface area contributed by atoms with Gasteiger partial charge in [0.15, 0.2) is 0 Å². The number of carbonyl (C=O) groups excluding carboxylic acids is 1. The van der Waals surface area contributed by atoms with Crippen LogP contribution in [0, 0.1) is 16.0 Å². The maximum absolute atomic E-state index is 11.6. The van der Waals surface area contributed by atoms with Crippen LogP contribution in [0.5, 0.6) is 0 Å². The van der Waals surface area contributed by atoms with E-state index in [1.165, 1.54) is 25.3 Å². The molecule has 0 saturated carbocycles. The molecule has 1 aliphatic rings.